The summed E-state index contributed by atoms with van der Waals surface area (Å²) in [6.07, 6.45) is 3.16. The highest BCUT2D eigenvalue weighted by atomic mass is 16.5. The van der Waals surface area contributed by atoms with Crippen molar-refractivity contribution >= 4 is 5.91 Å². The first kappa shape index (κ1) is 11.7. The first-order valence-corrected chi connectivity index (χ1v) is 4.80. The van der Waals surface area contributed by atoms with E-state index >= 15 is 0 Å². The fourth-order valence-corrected chi connectivity index (χ4v) is 1.25. The molecule has 0 aromatic carbocycles. The molecule has 1 aromatic rings. The first-order valence-electron chi connectivity index (χ1n) is 4.80. The minimum atomic E-state index is -0.407. The molecular weight excluding hydrogens is 194 g/mol. The van der Waals surface area contributed by atoms with Gasteiger partial charge in [-0.1, -0.05) is 0 Å². The summed E-state index contributed by atoms with van der Waals surface area (Å²) in [6, 6.07) is 0. The Labute approximate surface area is 89.7 Å². The first-order chi connectivity index (χ1) is 7.06. The Balaban J connectivity index is 2.60. The fraction of sp³-hybridized carbons (Fsp3) is 0.600. The van der Waals surface area contributed by atoms with Gasteiger partial charge in [-0.25, -0.2) is 4.98 Å². The Morgan fingerprint density at radius 2 is 2.40 bits per heavy atom. The number of hydrogen-bond donors (Lipinski definition) is 0. The molecule has 5 nitrogen and oxygen atoms in total. The van der Waals surface area contributed by atoms with E-state index in [1.54, 1.807) is 25.1 Å². The number of carbonyl (C=O) groups is 1. The molecule has 1 aromatic heterocycles. The minimum absolute atomic E-state index is 0.0412. The van der Waals surface area contributed by atoms with Gasteiger partial charge in [0.2, 0.25) is 0 Å². The number of hydrogen-bond acceptors (Lipinski definition) is 3. The summed E-state index contributed by atoms with van der Waals surface area (Å²) in [5, 5.41) is 0. The number of aryl methyl sites for hydroxylation is 1. The average Bonchev–Trinajstić information content (AvgIpc) is 2.62. The maximum atomic E-state index is 11.7. The SMILES string of the molecule is COC(C)C(=O)N(C)Cc1nccn1C. The number of nitrogens with zero attached hydrogens (tertiary/aromatic N) is 3. The van der Waals surface area contributed by atoms with Crippen LogP contribution in [0.1, 0.15) is 12.7 Å². The monoisotopic (exact) mass is 211 g/mol. The van der Waals surface area contributed by atoms with Crippen LogP contribution in [0.5, 0.6) is 0 Å². The van der Waals surface area contributed by atoms with Gasteiger partial charge in [-0.05, 0) is 6.92 Å². The van der Waals surface area contributed by atoms with Crippen molar-refractivity contribution in [3.05, 3.63) is 18.2 Å². The van der Waals surface area contributed by atoms with E-state index in [-0.39, 0.29) is 5.91 Å². The van der Waals surface area contributed by atoms with Crippen molar-refractivity contribution in [3.63, 3.8) is 0 Å². The number of likely N-dealkylation sites (N-methyl/N-ethyl adjacent to an activating group) is 1. The van der Waals surface area contributed by atoms with Crippen LogP contribution in [0.15, 0.2) is 12.4 Å². The zero-order chi connectivity index (χ0) is 11.4. The molecule has 1 rings (SSSR count). The van der Waals surface area contributed by atoms with Crippen LogP contribution in [0.4, 0.5) is 0 Å². The van der Waals surface area contributed by atoms with Gasteiger partial charge in [0.05, 0.1) is 6.54 Å². The van der Waals surface area contributed by atoms with E-state index in [1.165, 1.54) is 7.11 Å². The van der Waals surface area contributed by atoms with Gasteiger partial charge in [0.25, 0.3) is 5.91 Å². The second kappa shape index (κ2) is 4.93. The molecule has 15 heavy (non-hydrogen) atoms. The summed E-state index contributed by atoms with van der Waals surface area (Å²) in [6.45, 7) is 2.23. The number of rotatable bonds is 4. The van der Waals surface area contributed by atoms with Crippen molar-refractivity contribution in [1.82, 2.24) is 14.5 Å². The molecule has 0 saturated carbocycles. The Morgan fingerprint density at radius 3 is 2.87 bits per heavy atom. The quantitative estimate of drug-likeness (QED) is 0.725. The van der Waals surface area contributed by atoms with Crippen molar-refractivity contribution in [2.75, 3.05) is 14.2 Å². The van der Waals surface area contributed by atoms with E-state index in [4.69, 9.17) is 4.74 Å². The highest BCUT2D eigenvalue weighted by molar-refractivity contribution is 5.80. The molecule has 0 saturated heterocycles. The van der Waals surface area contributed by atoms with Gasteiger partial charge in [-0.3, -0.25) is 4.79 Å². The standard InChI is InChI=1S/C10H17N3O2/c1-8(15-4)10(14)13(3)7-9-11-5-6-12(9)2/h5-6,8H,7H2,1-4H3. The summed E-state index contributed by atoms with van der Waals surface area (Å²) in [4.78, 5) is 17.4. The van der Waals surface area contributed by atoms with Crippen LogP contribution >= 0.6 is 0 Å². The van der Waals surface area contributed by atoms with Gasteiger partial charge in [0.1, 0.15) is 11.9 Å². The Hall–Kier alpha value is -1.36. The average molecular weight is 211 g/mol. The van der Waals surface area contributed by atoms with Gasteiger partial charge in [0, 0.05) is 33.6 Å². The molecule has 0 spiro atoms. The highest BCUT2D eigenvalue weighted by Gasteiger charge is 2.17. The predicted molar refractivity (Wildman–Crippen MR) is 56.2 cm³/mol. The van der Waals surface area contributed by atoms with Crippen molar-refractivity contribution < 1.29 is 9.53 Å². The third kappa shape index (κ3) is 2.79. The van der Waals surface area contributed by atoms with Crippen LogP contribution in [0.3, 0.4) is 0 Å². The lowest BCUT2D eigenvalue weighted by atomic mass is 10.3. The van der Waals surface area contributed by atoms with Crippen LogP contribution in [-0.4, -0.2) is 40.6 Å². The van der Waals surface area contributed by atoms with Crippen molar-refractivity contribution in [2.45, 2.75) is 19.6 Å². The maximum Gasteiger partial charge on any atom is 0.251 e. The van der Waals surface area contributed by atoms with Gasteiger partial charge in [-0.15, -0.1) is 0 Å². The van der Waals surface area contributed by atoms with Crippen LogP contribution in [-0.2, 0) is 23.1 Å². The number of amides is 1. The molecule has 0 radical (unpaired) electrons. The molecule has 0 aliphatic heterocycles. The topological polar surface area (TPSA) is 47.4 Å². The summed E-state index contributed by atoms with van der Waals surface area (Å²) in [5.41, 5.74) is 0. The molecule has 5 heteroatoms. The second-order valence-corrected chi connectivity index (χ2v) is 3.53. The highest BCUT2D eigenvalue weighted by Crippen LogP contribution is 2.02. The molecule has 84 valence electrons. The molecular formula is C10H17N3O2. The Morgan fingerprint density at radius 1 is 1.73 bits per heavy atom. The van der Waals surface area contributed by atoms with E-state index in [1.807, 2.05) is 17.8 Å². The van der Waals surface area contributed by atoms with E-state index in [0.29, 0.717) is 6.54 Å². The summed E-state index contributed by atoms with van der Waals surface area (Å²) >= 11 is 0. The zero-order valence-corrected chi connectivity index (χ0v) is 9.60. The molecule has 1 amide bonds. The van der Waals surface area contributed by atoms with Gasteiger partial charge >= 0.3 is 0 Å². The lowest BCUT2D eigenvalue weighted by Crippen LogP contribution is -2.35. The summed E-state index contributed by atoms with van der Waals surface area (Å²) in [7, 11) is 5.17. The molecule has 1 heterocycles. The lowest BCUT2D eigenvalue weighted by molar-refractivity contribution is -0.140. The molecule has 1 unspecified atom stereocenters. The van der Waals surface area contributed by atoms with Crippen LogP contribution in [0.2, 0.25) is 0 Å². The third-order valence-corrected chi connectivity index (χ3v) is 2.38. The van der Waals surface area contributed by atoms with Gasteiger partial charge < -0.3 is 14.2 Å². The van der Waals surface area contributed by atoms with Crippen LogP contribution in [0.25, 0.3) is 0 Å². The van der Waals surface area contributed by atoms with E-state index in [0.717, 1.165) is 5.82 Å². The molecule has 0 aliphatic carbocycles. The molecule has 1 atom stereocenters. The maximum absolute atomic E-state index is 11.7. The largest absolute Gasteiger partial charge is 0.372 e. The lowest BCUT2D eigenvalue weighted by Gasteiger charge is -2.20. The number of ether oxygens (including phenoxy) is 1. The zero-order valence-electron chi connectivity index (χ0n) is 9.60. The van der Waals surface area contributed by atoms with Gasteiger partial charge in [0.15, 0.2) is 0 Å². The molecule has 0 N–H and O–H groups in total. The number of aromatic nitrogens is 2. The smallest absolute Gasteiger partial charge is 0.251 e. The predicted octanol–water partition coefficient (Wildman–Crippen LogP) is 0.413. The Bertz CT molecular complexity index is 335. The second-order valence-electron chi connectivity index (χ2n) is 3.53. The van der Waals surface area contributed by atoms with E-state index < -0.39 is 6.10 Å². The van der Waals surface area contributed by atoms with Crippen molar-refractivity contribution in [3.8, 4) is 0 Å². The molecule has 0 aliphatic rings. The number of methoxy groups -OCH3 is 1. The minimum Gasteiger partial charge on any atom is -0.372 e. The Kier molecular flexibility index (Phi) is 3.85. The molecule has 0 bridgehead atoms. The fourth-order valence-electron chi connectivity index (χ4n) is 1.25. The number of imidazole rings is 1. The number of carbonyl (C=O) groups excluding carboxylic acids is 1. The van der Waals surface area contributed by atoms with Gasteiger partial charge in [-0.2, -0.15) is 0 Å². The van der Waals surface area contributed by atoms with E-state index in [2.05, 4.69) is 4.98 Å². The third-order valence-electron chi connectivity index (χ3n) is 2.38. The normalized spacial score (nSPS) is 12.5. The van der Waals surface area contributed by atoms with Crippen molar-refractivity contribution in [2.24, 2.45) is 7.05 Å². The van der Waals surface area contributed by atoms with E-state index in [9.17, 15) is 4.79 Å². The van der Waals surface area contributed by atoms with Crippen molar-refractivity contribution in [1.29, 1.82) is 0 Å². The van der Waals surface area contributed by atoms with Crippen LogP contribution < -0.4 is 0 Å². The van der Waals surface area contributed by atoms with Crippen LogP contribution in [0, 0.1) is 0 Å². The summed E-state index contributed by atoms with van der Waals surface area (Å²) < 4.78 is 6.85. The molecule has 0 fully saturated rings. The summed E-state index contributed by atoms with van der Waals surface area (Å²) in [5.74, 6) is 0.814.